The molecule has 2 atom stereocenters. The first-order chi connectivity index (χ1) is 30.0. The number of phosphoric ester groups is 1. The zero-order valence-corrected chi connectivity index (χ0v) is 41.2. The molecule has 0 spiro atoms. The van der Waals surface area contributed by atoms with Gasteiger partial charge in [0.25, 0.3) is 0 Å². The number of nitrogens with zero attached hydrogens (tertiary/aromatic N) is 1. The van der Waals surface area contributed by atoms with E-state index in [4.69, 9.17) is 18.5 Å². The molecule has 0 aromatic carbocycles. The van der Waals surface area contributed by atoms with Crippen LogP contribution in [0.25, 0.3) is 0 Å². The van der Waals surface area contributed by atoms with Crippen molar-refractivity contribution < 1.29 is 42.1 Å². The maximum absolute atomic E-state index is 12.7. The van der Waals surface area contributed by atoms with Crippen LogP contribution in [0.1, 0.15) is 194 Å². The minimum absolute atomic E-state index is 0.0169. The molecule has 9 nitrogen and oxygen atoms in total. The first kappa shape index (κ1) is 59.5. The molecule has 0 bridgehead atoms. The van der Waals surface area contributed by atoms with Crippen LogP contribution in [0.15, 0.2) is 72.9 Å². The van der Waals surface area contributed by atoms with Crippen molar-refractivity contribution in [2.45, 2.75) is 200 Å². The zero-order valence-electron chi connectivity index (χ0n) is 40.3. The normalized spacial score (nSPS) is 14.1. The van der Waals surface area contributed by atoms with Crippen molar-refractivity contribution >= 4 is 19.8 Å². The van der Waals surface area contributed by atoms with Crippen LogP contribution in [-0.4, -0.2) is 74.9 Å². The summed E-state index contributed by atoms with van der Waals surface area (Å²) in [6.07, 6.45) is 55.3. The molecule has 0 fully saturated rings. The molecule has 1 unspecified atom stereocenters. The lowest BCUT2D eigenvalue weighted by atomic mass is 10.1. The van der Waals surface area contributed by atoms with E-state index in [1.807, 2.05) is 21.1 Å². The topological polar surface area (TPSA) is 108 Å². The lowest BCUT2D eigenvalue weighted by molar-refractivity contribution is -0.870. The summed E-state index contributed by atoms with van der Waals surface area (Å²) in [6, 6.07) is 0. The molecule has 0 saturated heterocycles. The third-order valence-corrected chi connectivity index (χ3v) is 11.2. The predicted molar refractivity (Wildman–Crippen MR) is 261 cm³/mol. The van der Waals surface area contributed by atoms with Crippen LogP contribution in [0.3, 0.4) is 0 Å². The molecule has 0 radical (unpaired) electrons. The summed E-state index contributed by atoms with van der Waals surface area (Å²) in [5.74, 6) is -0.876. The monoisotopic (exact) mass is 891 g/mol. The number of carbonyl (C=O) groups excluding carboxylic acids is 2. The van der Waals surface area contributed by atoms with E-state index < -0.39 is 32.5 Å². The van der Waals surface area contributed by atoms with E-state index in [0.29, 0.717) is 23.9 Å². The van der Waals surface area contributed by atoms with Gasteiger partial charge in [0.2, 0.25) is 0 Å². The molecule has 0 aromatic heterocycles. The number of ether oxygens (including phenoxy) is 2. The van der Waals surface area contributed by atoms with E-state index in [1.165, 1.54) is 96.3 Å². The molecule has 0 heterocycles. The standard InChI is InChI=1S/C52H92NO8P/c1-6-8-10-12-14-16-18-20-22-24-25-26-27-29-31-33-35-37-39-41-43-45-52(55)61-50(49-60-62(56,57)59-47-46-53(3,4)5)48-58-51(54)44-42-40-38-36-34-32-30-28-23-21-19-17-15-13-11-9-7-2/h15,17,21-24,26-27,31,33,37,39,50H,6-14,16,18-20,25,28-30,32,34-36,38,40-49H2,1-5H3/p+1/b17-15+,23-21+,24-22+,27-26+,33-31+,39-37+/t50-/m1/s1. The smallest absolute Gasteiger partial charge is 0.462 e. The van der Waals surface area contributed by atoms with Crippen molar-refractivity contribution in [1.29, 1.82) is 0 Å². The van der Waals surface area contributed by atoms with Gasteiger partial charge >= 0.3 is 19.8 Å². The fourth-order valence-electron chi connectivity index (χ4n) is 6.33. The second kappa shape index (κ2) is 43.7. The van der Waals surface area contributed by atoms with E-state index in [2.05, 4.69) is 86.8 Å². The summed E-state index contributed by atoms with van der Waals surface area (Å²) in [4.78, 5) is 35.5. The van der Waals surface area contributed by atoms with Gasteiger partial charge in [-0.2, -0.15) is 0 Å². The molecule has 358 valence electrons. The van der Waals surface area contributed by atoms with Crippen molar-refractivity contribution in [2.75, 3.05) is 47.5 Å². The minimum Gasteiger partial charge on any atom is -0.462 e. The van der Waals surface area contributed by atoms with Crippen LogP contribution in [0, 0.1) is 0 Å². The summed E-state index contributed by atoms with van der Waals surface area (Å²) < 4.78 is 34.3. The van der Waals surface area contributed by atoms with Gasteiger partial charge in [-0.3, -0.25) is 18.6 Å². The first-order valence-electron chi connectivity index (χ1n) is 24.7. The van der Waals surface area contributed by atoms with Crippen LogP contribution in [0.4, 0.5) is 0 Å². The second-order valence-electron chi connectivity index (χ2n) is 17.5. The summed E-state index contributed by atoms with van der Waals surface area (Å²) in [5.41, 5.74) is 0. The fourth-order valence-corrected chi connectivity index (χ4v) is 7.07. The first-order valence-corrected chi connectivity index (χ1v) is 26.2. The van der Waals surface area contributed by atoms with Crippen LogP contribution in [-0.2, 0) is 32.7 Å². The van der Waals surface area contributed by atoms with E-state index in [9.17, 15) is 19.0 Å². The Morgan fingerprint density at radius 3 is 1.37 bits per heavy atom. The van der Waals surface area contributed by atoms with Gasteiger partial charge < -0.3 is 18.9 Å². The lowest BCUT2D eigenvalue weighted by Crippen LogP contribution is -2.37. The van der Waals surface area contributed by atoms with Gasteiger partial charge in [-0.05, 0) is 83.5 Å². The van der Waals surface area contributed by atoms with Crippen molar-refractivity contribution in [3.8, 4) is 0 Å². The Morgan fingerprint density at radius 1 is 0.500 bits per heavy atom. The quantitative estimate of drug-likeness (QED) is 0.0212. The number of likely N-dealkylation sites (N-methyl/N-ethyl adjacent to an activating group) is 1. The summed E-state index contributed by atoms with van der Waals surface area (Å²) in [7, 11) is 1.43. The molecule has 10 heteroatoms. The molecular weight excluding hydrogens is 798 g/mol. The summed E-state index contributed by atoms with van der Waals surface area (Å²) in [6.45, 7) is 4.32. The van der Waals surface area contributed by atoms with Crippen molar-refractivity contribution in [3.63, 3.8) is 0 Å². The lowest BCUT2D eigenvalue weighted by Gasteiger charge is -2.24. The Labute approximate surface area is 380 Å². The number of allylic oxidation sites excluding steroid dienone is 12. The van der Waals surface area contributed by atoms with Crippen molar-refractivity contribution in [1.82, 2.24) is 0 Å². The molecule has 0 rings (SSSR count). The number of hydrogen-bond donors (Lipinski definition) is 1. The third kappa shape index (κ3) is 46.9. The molecule has 62 heavy (non-hydrogen) atoms. The number of phosphoric acid groups is 1. The highest BCUT2D eigenvalue weighted by Crippen LogP contribution is 2.43. The van der Waals surface area contributed by atoms with Gasteiger partial charge in [-0.25, -0.2) is 4.57 Å². The van der Waals surface area contributed by atoms with Crippen LogP contribution < -0.4 is 0 Å². The van der Waals surface area contributed by atoms with E-state index in [1.54, 1.807) is 0 Å². The zero-order chi connectivity index (χ0) is 45.7. The molecule has 0 aliphatic heterocycles. The van der Waals surface area contributed by atoms with Crippen molar-refractivity contribution in [3.05, 3.63) is 72.9 Å². The average molecular weight is 891 g/mol. The van der Waals surface area contributed by atoms with Gasteiger partial charge in [-0.15, -0.1) is 0 Å². The largest absolute Gasteiger partial charge is 0.472 e. The van der Waals surface area contributed by atoms with Crippen LogP contribution in [0.2, 0.25) is 0 Å². The number of rotatable bonds is 44. The maximum Gasteiger partial charge on any atom is 0.472 e. The number of unbranched alkanes of at least 4 members (excludes halogenated alkanes) is 18. The van der Waals surface area contributed by atoms with Gasteiger partial charge in [-0.1, -0.05) is 170 Å². The third-order valence-electron chi connectivity index (χ3n) is 10.2. The van der Waals surface area contributed by atoms with Gasteiger partial charge in [0.1, 0.15) is 19.8 Å². The van der Waals surface area contributed by atoms with Gasteiger partial charge in [0.05, 0.1) is 27.7 Å². The molecular formula is C52H93NO8P+. The summed E-state index contributed by atoms with van der Waals surface area (Å²) in [5, 5.41) is 0. The number of hydrogen-bond acceptors (Lipinski definition) is 7. The molecule has 0 aliphatic carbocycles. The number of carbonyl (C=O) groups is 2. The Hall–Kier alpha value is -2.55. The van der Waals surface area contributed by atoms with E-state index in [0.717, 1.165) is 57.8 Å². The number of quaternary nitrogens is 1. The Balaban J connectivity index is 4.42. The van der Waals surface area contributed by atoms with Gasteiger partial charge in [0, 0.05) is 12.8 Å². The highest BCUT2D eigenvalue weighted by atomic mass is 31.2. The van der Waals surface area contributed by atoms with Crippen LogP contribution in [0.5, 0.6) is 0 Å². The second-order valence-corrected chi connectivity index (χ2v) is 18.9. The van der Waals surface area contributed by atoms with E-state index >= 15 is 0 Å². The minimum atomic E-state index is -4.40. The fraction of sp³-hybridized carbons (Fsp3) is 0.731. The molecule has 0 aliphatic rings. The highest BCUT2D eigenvalue weighted by molar-refractivity contribution is 7.47. The van der Waals surface area contributed by atoms with Crippen molar-refractivity contribution in [2.24, 2.45) is 0 Å². The highest BCUT2D eigenvalue weighted by Gasteiger charge is 2.27. The maximum atomic E-state index is 12.7. The van der Waals surface area contributed by atoms with Gasteiger partial charge in [0.15, 0.2) is 6.10 Å². The predicted octanol–water partition coefficient (Wildman–Crippen LogP) is 14.6. The Bertz CT molecular complexity index is 1280. The Kier molecular flexibility index (Phi) is 41.9. The SMILES string of the molecule is CCCCC/C=C/C/C=C/CCCCCCCCCC(=O)OC[C@H](COP(=O)(O)OCC[N+](C)(C)C)OC(=O)CCC/C=C/C/C=C/C/C=C/C/C=C/CCCCCCCCC. The Morgan fingerprint density at radius 2 is 0.887 bits per heavy atom. The molecule has 0 aromatic rings. The average Bonchev–Trinajstić information content (AvgIpc) is 3.23. The summed E-state index contributed by atoms with van der Waals surface area (Å²) >= 11 is 0. The van der Waals surface area contributed by atoms with Crippen LogP contribution >= 0.6 is 7.82 Å². The molecule has 0 amide bonds. The number of esters is 2. The molecule has 1 N–H and O–H groups in total. The van der Waals surface area contributed by atoms with E-state index in [-0.39, 0.29) is 26.1 Å². The molecule has 0 saturated carbocycles.